The molecule has 8 nitrogen and oxygen atoms in total. The van der Waals surface area contributed by atoms with Crippen LogP contribution in [0.5, 0.6) is 0 Å². The molecule has 2 aromatic heterocycles. The molecule has 2 saturated heterocycles. The van der Waals surface area contributed by atoms with Crippen molar-refractivity contribution in [2.45, 2.75) is 12.8 Å². The Labute approximate surface area is 152 Å². The molecule has 1 spiro atoms. The molecule has 0 aromatic carbocycles. The van der Waals surface area contributed by atoms with Crippen LogP contribution in [0, 0.1) is 5.41 Å². The molecule has 26 heavy (non-hydrogen) atoms. The molecular weight excluding hydrogens is 332 g/mol. The van der Waals surface area contributed by atoms with E-state index >= 15 is 0 Å². The molecule has 4 heterocycles. The fourth-order valence-electron chi connectivity index (χ4n) is 3.82. The van der Waals surface area contributed by atoms with Gasteiger partial charge < -0.3 is 14.5 Å². The summed E-state index contributed by atoms with van der Waals surface area (Å²) >= 11 is 0. The second kappa shape index (κ2) is 7.33. The Kier molecular flexibility index (Phi) is 4.75. The van der Waals surface area contributed by atoms with E-state index in [1.54, 1.807) is 24.8 Å². The van der Waals surface area contributed by atoms with Gasteiger partial charge in [0.05, 0.1) is 19.4 Å². The van der Waals surface area contributed by atoms with Crippen LogP contribution in [0.3, 0.4) is 0 Å². The van der Waals surface area contributed by atoms with E-state index in [4.69, 9.17) is 4.74 Å². The molecule has 1 atom stereocenters. The van der Waals surface area contributed by atoms with Gasteiger partial charge in [0.2, 0.25) is 5.95 Å². The standard InChI is InChI=1S/C18H22N6O2/c25-16(15-11-19-6-7-20-15)23-8-1-3-18(12-23)13-24(9-10-26-14-18)17-21-4-2-5-22-17/h2,4-7,11H,1,3,8-10,12-14H2/t18-/m1/s1. The highest BCUT2D eigenvalue weighted by molar-refractivity contribution is 5.92. The summed E-state index contributed by atoms with van der Waals surface area (Å²) in [6.07, 6.45) is 10.1. The number of amides is 1. The minimum Gasteiger partial charge on any atom is -0.379 e. The van der Waals surface area contributed by atoms with E-state index in [-0.39, 0.29) is 11.3 Å². The number of aromatic nitrogens is 4. The van der Waals surface area contributed by atoms with Gasteiger partial charge in [-0.25, -0.2) is 15.0 Å². The summed E-state index contributed by atoms with van der Waals surface area (Å²) in [5.41, 5.74) is 0.272. The Bertz CT molecular complexity index is 744. The zero-order valence-electron chi connectivity index (χ0n) is 14.6. The van der Waals surface area contributed by atoms with E-state index in [0.717, 1.165) is 38.4 Å². The topological polar surface area (TPSA) is 84.3 Å². The fourth-order valence-corrected chi connectivity index (χ4v) is 3.82. The summed E-state index contributed by atoms with van der Waals surface area (Å²) in [5, 5.41) is 0. The lowest BCUT2D eigenvalue weighted by Crippen LogP contribution is -2.52. The molecular formula is C18H22N6O2. The number of ether oxygens (including phenoxy) is 1. The predicted octanol–water partition coefficient (Wildman–Crippen LogP) is 1.03. The maximum atomic E-state index is 12.8. The molecule has 2 aromatic rings. The summed E-state index contributed by atoms with van der Waals surface area (Å²) in [7, 11) is 0. The molecule has 0 unspecified atom stereocenters. The first kappa shape index (κ1) is 16.8. The van der Waals surface area contributed by atoms with Gasteiger partial charge in [-0.15, -0.1) is 0 Å². The molecule has 0 bridgehead atoms. The molecule has 2 aliphatic rings. The van der Waals surface area contributed by atoms with Crippen molar-refractivity contribution in [3.63, 3.8) is 0 Å². The SMILES string of the molecule is O=C(c1cnccn1)N1CCC[C@@]2(COCCN(c3ncccn3)C2)C1. The second-order valence-electron chi connectivity index (χ2n) is 6.94. The van der Waals surface area contributed by atoms with Gasteiger partial charge in [0, 0.05) is 56.4 Å². The zero-order chi connectivity index (χ0) is 17.8. The Hall–Kier alpha value is -2.61. The number of piperidine rings is 1. The van der Waals surface area contributed by atoms with Gasteiger partial charge in [0.25, 0.3) is 5.91 Å². The van der Waals surface area contributed by atoms with Gasteiger partial charge in [-0.05, 0) is 18.9 Å². The largest absolute Gasteiger partial charge is 0.379 e. The number of likely N-dealkylation sites (tertiary alicyclic amines) is 1. The van der Waals surface area contributed by atoms with Crippen LogP contribution >= 0.6 is 0 Å². The quantitative estimate of drug-likeness (QED) is 0.796. The lowest BCUT2D eigenvalue weighted by molar-refractivity contribution is 0.0132. The Morgan fingerprint density at radius 3 is 2.77 bits per heavy atom. The van der Waals surface area contributed by atoms with Crippen molar-refractivity contribution >= 4 is 11.9 Å². The first-order chi connectivity index (χ1) is 12.8. The van der Waals surface area contributed by atoms with Crippen molar-refractivity contribution in [2.75, 3.05) is 44.3 Å². The van der Waals surface area contributed by atoms with Crippen LogP contribution in [0.25, 0.3) is 0 Å². The molecule has 136 valence electrons. The van der Waals surface area contributed by atoms with E-state index in [1.165, 1.54) is 6.20 Å². The normalized spacial score (nSPS) is 23.7. The molecule has 8 heteroatoms. The molecule has 0 N–H and O–H groups in total. The Balaban J connectivity index is 1.53. The van der Waals surface area contributed by atoms with Crippen molar-refractivity contribution in [3.05, 3.63) is 42.7 Å². The van der Waals surface area contributed by atoms with Crippen molar-refractivity contribution in [3.8, 4) is 0 Å². The summed E-state index contributed by atoms with van der Waals surface area (Å²) in [4.78, 5) is 33.8. The average molecular weight is 354 g/mol. The number of anilines is 1. The maximum Gasteiger partial charge on any atom is 0.274 e. The van der Waals surface area contributed by atoms with Crippen LogP contribution < -0.4 is 4.90 Å². The third-order valence-electron chi connectivity index (χ3n) is 5.01. The van der Waals surface area contributed by atoms with Crippen LogP contribution in [0.15, 0.2) is 37.1 Å². The lowest BCUT2D eigenvalue weighted by Gasteiger charge is -2.43. The highest BCUT2D eigenvalue weighted by atomic mass is 16.5. The van der Waals surface area contributed by atoms with E-state index in [9.17, 15) is 4.79 Å². The molecule has 2 fully saturated rings. The number of carbonyl (C=O) groups is 1. The van der Waals surface area contributed by atoms with Gasteiger partial charge in [-0.1, -0.05) is 0 Å². The van der Waals surface area contributed by atoms with Crippen molar-refractivity contribution in [1.29, 1.82) is 0 Å². The zero-order valence-corrected chi connectivity index (χ0v) is 14.6. The summed E-state index contributed by atoms with van der Waals surface area (Å²) in [6.45, 7) is 4.19. The van der Waals surface area contributed by atoms with E-state index < -0.39 is 0 Å². The van der Waals surface area contributed by atoms with E-state index in [0.29, 0.717) is 25.5 Å². The summed E-state index contributed by atoms with van der Waals surface area (Å²) < 4.78 is 5.91. The molecule has 2 aliphatic heterocycles. The first-order valence-corrected chi connectivity index (χ1v) is 8.91. The number of hydrogen-bond donors (Lipinski definition) is 0. The molecule has 1 amide bonds. The minimum atomic E-state index is -0.119. The van der Waals surface area contributed by atoms with Gasteiger partial charge in [0.15, 0.2) is 0 Å². The number of carbonyl (C=O) groups excluding carboxylic acids is 1. The number of rotatable bonds is 2. The third kappa shape index (κ3) is 3.50. The highest BCUT2D eigenvalue weighted by Gasteiger charge is 2.41. The van der Waals surface area contributed by atoms with Crippen LogP contribution in [0.4, 0.5) is 5.95 Å². The smallest absolute Gasteiger partial charge is 0.274 e. The maximum absolute atomic E-state index is 12.8. The van der Waals surface area contributed by atoms with Crippen LogP contribution in [-0.4, -0.2) is 70.1 Å². The average Bonchev–Trinajstić information content (AvgIpc) is 2.91. The third-order valence-corrected chi connectivity index (χ3v) is 5.01. The molecule has 0 saturated carbocycles. The molecule has 0 aliphatic carbocycles. The molecule has 0 radical (unpaired) electrons. The van der Waals surface area contributed by atoms with Gasteiger partial charge in [-0.2, -0.15) is 0 Å². The monoisotopic (exact) mass is 354 g/mol. The van der Waals surface area contributed by atoms with Crippen molar-refractivity contribution in [1.82, 2.24) is 24.8 Å². The van der Waals surface area contributed by atoms with Crippen LogP contribution in [0.1, 0.15) is 23.3 Å². The second-order valence-corrected chi connectivity index (χ2v) is 6.94. The Morgan fingerprint density at radius 1 is 1.08 bits per heavy atom. The Morgan fingerprint density at radius 2 is 1.96 bits per heavy atom. The first-order valence-electron chi connectivity index (χ1n) is 8.91. The van der Waals surface area contributed by atoms with E-state index in [2.05, 4.69) is 24.8 Å². The van der Waals surface area contributed by atoms with Gasteiger partial charge in [0.1, 0.15) is 5.69 Å². The van der Waals surface area contributed by atoms with Gasteiger partial charge >= 0.3 is 0 Å². The predicted molar refractivity (Wildman–Crippen MR) is 94.7 cm³/mol. The number of nitrogens with zero attached hydrogens (tertiary/aromatic N) is 6. The van der Waals surface area contributed by atoms with Gasteiger partial charge in [-0.3, -0.25) is 9.78 Å². The highest BCUT2D eigenvalue weighted by Crippen LogP contribution is 2.34. The molecule has 4 rings (SSSR count). The van der Waals surface area contributed by atoms with Crippen LogP contribution in [0.2, 0.25) is 0 Å². The van der Waals surface area contributed by atoms with Crippen molar-refractivity contribution < 1.29 is 9.53 Å². The van der Waals surface area contributed by atoms with Crippen LogP contribution in [-0.2, 0) is 4.74 Å². The summed E-state index contributed by atoms with van der Waals surface area (Å²) in [6, 6.07) is 1.81. The minimum absolute atomic E-state index is 0.0658. The summed E-state index contributed by atoms with van der Waals surface area (Å²) in [5.74, 6) is 0.652. The lowest BCUT2D eigenvalue weighted by atomic mass is 9.80. The van der Waals surface area contributed by atoms with E-state index in [1.807, 2.05) is 11.0 Å². The fraction of sp³-hybridized carbons (Fsp3) is 0.500. The number of hydrogen-bond acceptors (Lipinski definition) is 7. The van der Waals surface area contributed by atoms with Crippen molar-refractivity contribution in [2.24, 2.45) is 5.41 Å².